The van der Waals surface area contributed by atoms with Crippen molar-refractivity contribution in [1.29, 1.82) is 0 Å². The summed E-state index contributed by atoms with van der Waals surface area (Å²) in [5.41, 5.74) is 6.02. The third-order valence-electron chi connectivity index (χ3n) is 2.96. The Morgan fingerprint density at radius 3 is 2.64 bits per heavy atom. The highest BCUT2D eigenvalue weighted by Gasteiger charge is 2.01. The third-order valence-corrected chi connectivity index (χ3v) is 3.88. The lowest BCUT2D eigenvalue weighted by Gasteiger charge is -2.00. The van der Waals surface area contributed by atoms with Gasteiger partial charge in [-0.15, -0.1) is 10.2 Å². The van der Waals surface area contributed by atoms with Crippen molar-refractivity contribution in [2.75, 3.05) is 5.43 Å². The zero-order valence-electron chi connectivity index (χ0n) is 12.3. The van der Waals surface area contributed by atoms with E-state index in [-0.39, 0.29) is 0 Å². The lowest BCUT2D eigenvalue weighted by molar-refractivity contribution is 1.20. The molecule has 5 nitrogen and oxygen atoms in total. The summed E-state index contributed by atoms with van der Waals surface area (Å²) < 4.78 is 1.10. The molecule has 1 aromatic heterocycles. The van der Waals surface area contributed by atoms with Crippen LogP contribution in [0.1, 0.15) is 12.5 Å². The first-order valence-corrected chi connectivity index (χ1v) is 7.67. The Kier molecular flexibility index (Phi) is 4.20. The fourth-order valence-electron chi connectivity index (χ4n) is 1.81. The zero-order chi connectivity index (χ0) is 15.4. The summed E-state index contributed by atoms with van der Waals surface area (Å²) in [6.07, 6.45) is 0. The third kappa shape index (κ3) is 3.53. The maximum Gasteiger partial charge on any atom is 0.231 e. The molecule has 6 heteroatoms. The molecule has 0 aliphatic rings. The van der Waals surface area contributed by atoms with E-state index in [4.69, 9.17) is 0 Å². The molecular formula is C16H15N5S. The summed E-state index contributed by atoms with van der Waals surface area (Å²) in [6.45, 7) is 3.84. The monoisotopic (exact) mass is 309 g/mol. The van der Waals surface area contributed by atoms with Gasteiger partial charge in [-0.1, -0.05) is 41.2 Å². The second-order valence-corrected chi connectivity index (χ2v) is 5.81. The van der Waals surface area contributed by atoms with Crippen LogP contribution in [0.15, 0.2) is 63.9 Å². The second-order valence-electron chi connectivity index (χ2n) is 4.80. The Hall–Kier alpha value is -2.60. The van der Waals surface area contributed by atoms with Crippen molar-refractivity contribution in [3.63, 3.8) is 0 Å². The van der Waals surface area contributed by atoms with Crippen LogP contribution in [0, 0.1) is 6.92 Å². The molecule has 0 aliphatic carbocycles. The molecular weight excluding hydrogens is 294 g/mol. The normalized spacial score (nSPS) is 12.2. The van der Waals surface area contributed by atoms with Crippen molar-refractivity contribution >= 4 is 38.2 Å². The molecule has 0 saturated carbocycles. The number of nitrogens with one attached hydrogen (secondary N) is 1. The Morgan fingerprint density at radius 2 is 1.86 bits per heavy atom. The molecule has 2 aromatic carbocycles. The highest BCUT2D eigenvalue weighted by Crippen LogP contribution is 2.27. The molecule has 0 spiro atoms. The van der Waals surface area contributed by atoms with Crippen molar-refractivity contribution in [2.24, 2.45) is 15.3 Å². The number of hydrogen-bond acceptors (Lipinski definition) is 5. The number of thiazole rings is 1. The summed E-state index contributed by atoms with van der Waals surface area (Å²) in [5, 5.41) is 13.0. The lowest BCUT2D eigenvalue weighted by Crippen LogP contribution is -1.93. The molecule has 0 atom stereocenters. The molecule has 3 rings (SSSR count). The first kappa shape index (κ1) is 14.3. The van der Waals surface area contributed by atoms with E-state index in [1.165, 1.54) is 16.9 Å². The summed E-state index contributed by atoms with van der Waals surface area (Å²) in [6, 6.07) is 15.9. The maximum absolute atomic E-state index is 4.40. The van der Waals surface area contributed by atoms with Gasteiger partial charge in [0.1, 0.15) is 0 Å². The van der Waals surface area contributed by atoms with Crippen molar-refractivity contribution in [3.8, 4) is 0 Å². The number of amidine groups is 1. The first-order valence-electron chi connectivity index (χ1n) is 6.85. The summed E-state index contributed by atoms with van der Waals surface area (Å²) in [7, 11) is 0. The Bertz CT molecular complexity index is 800. The van der Waals surface area contributed by atoms with E-state index in [1.807, 2.05) is 55.5 Å². The van der Waals surface area contributed by atoms with Gasteiger partial charge in [-0.05, 0) is 38.1 Å². The number of hydrazone groups is 1. The average Bonchev–Trinajstić information content (AvgIpc) is 2.95. The fourth-order valence-corrected chi connectivity index (χ4v) is 2.60. The van der Waals surface area contributed by atoms with Crippen molar-refractivity contribution in [1.82, 2.24) is 4.98 Å². The van der Waals surface area contributed by atoms with Gasteiger partial charge in [0.05, 0.1) is 15.9 Å². The van der Waals surface area contributed by atoms with E-state index in [2.05, 4.69) is 25.7 Å². The number of fused-ring (bicyclic) bond motifs is 1. The van der Waals surface area contributed by atoms with Gasteiger partial charge in [0, 0.05) is 0 Å². The molecule has 0 fully saturated rings. The minimum atomic E-state index is 0.542. The van der Waals surface area contributed by atoms with Gasteiger partial charge in [-0.3, -0.25) is 5.43 Å². The van der Waals surface area contributed by atoms with Gasteiger partial charge < -0.3 is 0 Å². The quantitative estimate of drug-likeness (QED) is 0.315. The summed E-state index contributed by atoms with van der Waals surface area (Å²) >= 11 is 1.51. The van der Waals surface area contributed by atoms with Gasteiger partial charge in [-0.2, -0.15) is 5.10 Å². The Labute approximate surface area is 132 Å². The SMILES string of the molecule is CC(N=Nc1nc2ccccc2s1)=NNc1ccc(C)cc1. The van der Waals surface area contributed by atoms with Gasteiger partial charge in [-0.25, -0.2) is 4.98 Å². The van der Waals surface area contributed by atoms with Crippen LogP contribution >= 0.6 is 11.3 Å². The molecule has 1 heterocycles. The van der Waals surface area contributed by atoms with Crippen LogP contribution in [-0.4, -0.2) is 10.8 Å². The van der Waals surface area contributed by atoms with E-state index in [9.17, 15) is 0 Å². The molecule has 0 bridgehead atoms. The molecule has 110 valence electrons. The van der Waals surface area contributed by atoms with E-state index in [1.54, 1.807) is 6.92 Å². The van der Waals surface area contributed by atoms with E-state index in [0.717, 1.165) is 15.9 Å². The summed E-state index contributed by atoms with van der Waals surface area (Å²) in [4.78, 5) is 4.40. The topological polar surface area (TPSA) is 62.0 Å². The molecule has 0 unspecified atom stereocenters. The number of para-hydroxylation sites is 1. The first-order chi connectivity index (χ1) is 10.7. The van der Waals surface area contributed by atoms with Gasteiger partial charge in [0.15, 0.2) is 5.84 Å². The van der Waals surface area contributed by atoms with E-state index in [0.29, 0.717) is 11.0 Å². The predicted molar refractivity (Wildman–Crippen MR) is 92.0 cm³/mol. The molecule has 0 saturated heterocycles. The van der Waals surface area contributed by atoms with Crippen LogP contribution < -0.4 is 5.43 Å². The number of benzene rings is 2. The number of hydrogen-bond donors (Lipinski definition) is 1. The number of anilines is 1. The van der Waals surface area contributed by atoms with Gasteiger partial charge in [0.25, 0.3) is 0 Å². The smallest absolute Gasteiger partial charge is 0.231 e. The van der Waals surface area contributed by atoms with Crippen LogP contribution in [0.4, 0.5) is 10.8 Å². The van der Waals surface area contributed by atoms with Crippen LogP contribution in [0.2, 0.25) is 0 Å². The average molecular weight is 309 g/mol. The van der Waals surface area contributed by atoms with Crippen LogP contribution in [-0.2, 0) is 0 Å². The van der Waals surface area contributed by atoms with Crippen LogP contribution in [0.25, 0.3) is 10.2 Å². The van der Waals surface area contributed by atoms with E-state index >= 15 is 0 Å². The van der Waals surface area contributed by atoms with Gasteiger partial charge in [0.2, 0.25) is 5.13 Å². The Morgan fingerprint density at radius 1 is 1.09 bits per heavy atom. The minimum Gasteiger partial charge on any atom is -0.277 e. The standard InChI is InChI=1S/C16H15N5S/c1-11-7-9-13(10-8-11)20-18-12(2)19-21-16-17-14-5-3-4-6-15(14)22-16/h3-10,20H,1-2H3. The number of aromatic nitrogens is 1. The fraction of sp³-hybridized carbons (Fsp3) is 0.125. The predicted octanol–water partition coefficient (Wildman–Crippen LogP) is 5.13. The van der Waals surface area contributed by atoms with Crippen molar-refractivity contribution in [2.45, 2.75) is 13.8 Å². The highest BCUT2D eigenvalue weighted by atomic mass is 32.1. The Balaban J connectivity index is 1.68. The molecule has 0 amide bonds. The number of rotatable bonds is 3. The highest BCUT2D eigenvalue weighted by molar-refractivity contribution is 7.21. The largest absolute Gasteiger partial charge is 0.277 e. The lowest BCUT2D eigenvalue weighted by atomic mass is 10.2. The van der Waals surface area contributed by atoms with Crippen LogP contribution in [0.3, 0.4) is 0 Å². The van der Waals surface area contributed by atoms with Crippen molar-refractivity contribution < 1.29 is 0 Å². The molecule has 0 radical (unpaired) electrons. The molecule has 0 aliphatic heterocycles. The zero-order valence-corrected chi connectivity index (χ0v) is 13.1. The number of aryl methyl sites for hydroxylation is 1. The maximum atomic E-state index is 4.40. The molecule has 1 N–H and O–H groups in total. The minimum absolute atomic E-state index is 0.542. The summed E-state index contributed by atoms with van der Waals surface area (Å²) in [5.74, 6) is 0.542. The van der Waals surface area contributed by atoms with E-state index < -0.39 is 0 Å². The van der Waals surface area contributed by atoms with Crippen LogP contribution in [0.5, 0.6) is 0 Å². The molecule has 22 heavy (non-hydrogen) atoms. The second kappa shape index (κ2) is 6.44. The van der Waals surface area contributed by atoms with Gasteiger partial charge >= 0.3 is 0 Å². The number of azo groups is 1. The number of nitrogens with zero attached hydrogens (tertiary/aromatic N) is 4. The van der Waals surface area contributed by atoms with Crippen molar-refractivity contribution in [3.05, 3.63) is 54.1 Å². The molecule has 3 aromatic rings.